The van der Waals surface area contributed by atoms with Crippen molar-refractivity contribution in [1.82, 2.24) is 4.72 Å². The first-order chi connectivity index (χ1) is 9.36. The van der Waals surface area contributed by atoms with Crippen LogP contribution < -0.4 is 4.72 Å². The van der Waals surface area contributed by atoms with Crippen LogP contribution in [0.25, 0.3) is 0 Å². The number of carbonyl (C=O) groups is 1. The van der Waals surface area contributed by atoms with Gasteiger partial charge in [0.2, 0.25) is 10.0 Å². The maximum absolute atomic E-state index is 11.9. The van der Waals surface area contributed by atoms with E-state index in [2.05, 4.69) is 16.6 Å². The molecule has 0 heterocycles. The first-order valence-electron chi connectivity index (χ1n) is 6.21. The third-order valence-corrected chi connectivity index (χ3v) is 4.03. The molecule has 0 aromatic heterocycles. The van der Waals surface area contributed by atoms with Gasteiger partial charge in [-0.25, -0.2) is 8.42 Å². The van der Waals surface area contributed by atoms with Crippen molar-refractivity contribution in [2.75, 3.05) is 0 Å². The minimum Gasteiger partial charge on any atom is -0.480 e. The van der Waals surface area contributed by atoms with Crippen LogP contribution >= 0.6 is 0 Å². The smallest absolute Gasteiger partial charge is 0.321 e. The van der Waals surface area contributed by atoms with Gasteiger partial charge in [0.1, 0.15) is 6.04 Å². The topological polar surface area (TPSA) is 83.5 Å². The number of sulfonamides is 1. The number of aliphatic carboxylic acids is 1. The zero-order valence-electron chi connectivity index (χ0n) is 11.4. The monoisotopic (exact) mass is 295 g/mol. The average molecular weight is 295 g/mol. The number of hydrogen-bond acceptors (Lipinski definition) is 3. The van der Waals surface area contributed by atoms with Gasteiger partial charge in [-0.05, 0) is 37.6 Å². The largest absolute Gasteiger partial charge is 0.480 e. The highest BCUT2D eigenvalue weighted by molar-refractivity contribution is 7.89. The van der Waals surface area contributed by atoms with Gasteiger partial charge in [0.25, 0.3) is 0 Å². The molecular weight excluding hydrogens is 278 g/mol. The molecule has 1 aromatic rings. The molecule has 0 saturated heterocycles. The van der Waals surface area contributed by atoms with Crippen LogP contribution in [0.3, 0.4) is 0 Å². The van der Waals surface area contributed by atoms with Gasteiger partial charge < -0.3 is 5.11 Å². The van der Waals surface area contributed by atoms with Crippen molar-refractivity contribution >= 4 is 16.0 Å². The van der Waals surface area contributed by atoms with Crippen molar-refractivity contribution in [2.24, 2.45) is 0 Å². The summed E-state index contributed by atoms with van der Waals surface area (Å²) in [4.78, 5) is 10.7. The lowest BCUT2D eigenvalue weighted by Crippen LogP contribution is -2.38. The molecule has 0 bridgehead atoms. The molecule has 0 spiro atoms. The predicted molar refractivity (Wildman–Crippen MR) is 75.6 cm³/mol. The summed E-state index contributed by atoms with van der Waals surface area (Å²) in [5.74, 6) is 4.66. The van der Waals surface area contributed by atoms with E-state index in [0.29, 0.717) is 0 Å². The van der Waals surface area contributed by atoms with Crippen LogP contribution in [0.5, 0.6) is 0 Å². The average Bonchev–Trinajstić information content (AvgIpc) is 2.39. The second kappa shape index (κ2) is 7.08. The van der Waals surface area contributed by atoms with Crippen LogP contribution in [0.1, 0.15) is 32.3 Å². The summed E-state index contributed by atoms with van der Waals surface area (Å²) in [5, 5.41) is 8.71. The van der Waals surface area contributed by atoms with E-state index in [4.69, 9.17) is 5.11 Å². The van der Waals surface area contributed by atoms with Crippen molar-refractivity contribution in [3.05, 3.63) is 29.8 Å². The van der Waals surface area contributed by atoms with E-state index in [1.807, 2.05) is 6.92 Å². The van der Waals surface area contributed by atoms with Crippen LogP contribution in [0.15, 0.2) is 29.2 Å². The number of carboxylic acid groups (broad SMARTS) is 1. The predicted octanol–water partition coefficient (Wildman–Crippen LogP) is 1.59. The summed E-state index contributed by atoms with van der Waals surface area (Å²) in [5.41, 5.74) is 0.726. The lowest BCUT2D eigenvalue weighted by molar-refractivity contribution is -0.138. The van der Waals surface area contributed by atoms with Gasteiger partial charge in [-0.3, -0.25) is 4.79 Å². The van der Waals surface area contributed by atoms with Crippen LogP contribution in [0.2, 0.25) is 0 Å². The molecule has 1 atom stereocenters. The number of benzene rings is 1. The minimum atomic E-state index is -3.83. The molecule has 2 N–H and O–H groups in total. The molecule has 1 aromatic carbocycles. The number of hydrogen-bond donors (Lipinski definition) is 2. The Labute approximate surface area is 119 Å². The Morgan fingerprint density at radius 3 is 2.45 bits per heavy atom. The van der Waals surface area contributed by atoms with E-state index in [-0.39, 0.29) is 4.90 Å². The zero-order chi connectivity index (χ0) is 15.2. The fraction of sp³-hybridized carbons (Fsp3) is 0.357. The summed E-state index contributed by atoms with van der Waals surface area (Å²) < 4.78 is 25.9. The molecule has 0 unspecified atom stereocenters. The Kier molecular flexibility index (Phi) is 5.74. The molecule has 20 heavy (non-hydrogen) atoms. The molecule has 0 amide bonds. The highest BCUT2D eigenvalue weighted by atomic mass is 32.2. The van der Waals surface area contributed by atoms with Gasteiger partial charge >= 0.3 is 5.97 Å². The molecule has 0 fully saturated rings. The number of carboxylic acids is 1. The fourth-order valence-electron chi connectivity index (χ4n) is 1.36. The van der Waals surface area contributed by atoms with E-state index in [1.54, 1.807) is 12.1 Å². The summed E-state index contributed by atoms with van der Waals surface area (Å²) >= 11 is 0. The van der Waals surface area contributed by atoms with Gasteiger partial charge in [-0.2, -0.15) is 4.72 Å². The van der Waals surface area contributed by atoms with Crippen LogP contribution in [-0.4, -0.2) is 25.5 Å². The second-order valence-electron chi connectivity index (χ2n) is 4.26. The van der Waals surface area contributed by atoms with E-state index >= 15 is 0 Å². The zero-order valence-corrected chi connectivity index (χ0v) is 12.2. The Morgan fingerprint density at radius 1 is 1.35 bits per heavy atom. The van der Waals surface area contributed by atoms with Crippen LogP contribution in [0.4, 0.5) is 0 Å². The van der Waals surface area contributed by atoms with Gasteiger partial charge in [0, 0.05) is 12.0 Å². The maximum atomic E-state index is 11.9. The first-order valence-corrected chi connectivity index (χ1v) is 7.69. The Bertz CT molecular complexity index is 623. The third-order valence-electron chi connectivity index (χ3n) is 2.47. The molecule has 108 valence electrons. The number of rotatable bonds is 5. The molecule has 0 aliphatic carbocycles. The SMILES string of the molecule is CCCC#Cc1ccc(S(=O)(=O)N[C@@H](C)C(=O)O)cc1. The minimum absolute atomic E-state index is 0.0200. The molecule has 0 radical (unpaired) electrons. The number of nitrogens with one attached hydrogen (secondary N) is 1. The van der Waals surface area contributed by atoms with Gasteiger partial charge in [0.15, 0.2) is 0 Å². The quantitative estimate of drug-likeness (QED) is 0.808. The molecule has 0 aliphatic heterocycles. The molecule has 0 aliphatic rings. The lowest BCUT2D eigenvalue weighted by atomic mass is 10.2. The van der Waals surface area contributed by atoms with Crippen molar-refractivity contribution in [1.29, 1.82) is 0 Å². The normalized spacial score (nSPS) is 12.3. The maximum Gasteiger partial charge on any atom is 0.321 e. The van der Waals surface area contributed by atoms with Crippen LogP contribution in [0, 0.1) is 11.8 Å². The van der Waals surface area contributed by atoms with E-state index in [9.17, 15) is 13.2 Å². The van der Waals surface area contributed by atoms with Gasteiger partial charge in [0.05, 0.1) is 4.90 Å². The highest BCUT2D eigenvalue weighted by Crippen LogP contribution is 2.10. The summed E-state index contributed by atoms with van der Waals surface area (Å²) in [7, 11) is -3.83. The second-order valence-corrected chi connectivity index (χ2v) is 5.97. The summed E-state index contributed by atoms with van der Waals surface area (Å²) in [6.07, 6.45) is 1.76. The van der Waals surface area contributed by atoms with E-state index in [0.717, 1.165) is 18.4 Å². The standard InChI is InChI=1S/C14H17NO4S/c1-3-4-5-6-12-7-9-13(10-8-12)20(18,19)15-11(2)14(16)17/h7-11,15H,3-4H2,1-2H3,(H,16,17)/t11-/m0/s1. The first kappa shape index (κ1) is 16.2. The molecule has 6 heteroatoms. The Hall–Kier alpha value is -1.84. The third kappa shape index (κ3) is 4.68. The van der Waals surface area contributed by atoms with Crippen molar-refractivity contribution in [2.45, 2.75) is 37.6 Å². The Balaban J connectivity index is 2.88. The van der Waals surface area contributed by atoms with Crippen molar-refractivity contribution in [3.63, 3.8) is 0 Å². The highest BCUT2D eigenvalue weighted by Gasteiger charge is 2.21. The summed E-state index contributed by atoms with van der Waals surface area (Å²) in [6.45, 7) is 3.30. The molecular formula is C14H17NO4S. The lowest BCUT2D eigenvalue weighted by Gasteiger charge is -2.10. The van der Waals surface area contributed by atoms with Crippen molar-refractivity contribution < 1.29 is 18.3 Å². The fourth-order valence-corrected chi connectivity index (χ4v) is 2.55. The Morgan fingerprint density at radius 2 is 1.95 bits per heavy atom. The molecule has 0 saturated carbocycles. The van der Waals surface area contributed by atoms with Crippen LogP contribution in [-0.2, 0) is 14.8 Å². The van der Waals surface area contributed by atoms with Gasteiger partial charge in [-0.1, -0.05) is 18.8 Å². The van der Waals surface area contributed by atoms with E-state index in [1.165, 1.54) is 19.1 Å². The molecule has 5 nitrogen and oxygen atoms in total. The van der Waals surface area contributed by atoms with Crippen molar-refractivity contribution in [3.8, 4) is 11.8 Å². The summed E-state index contributed by atoms with van der Waals surface area (Å²) in [6, 6.07) is 4.84. The van der Waals surface area contributed by atoms with Gasteiger partial charge in [-0.15, -0.1) is 0 Å². The molecule has 1 rings (SSSR count). The van der Waals surface area contributed by atoms with E-state index < -0.39 is 22.0 Å². The number of unbranched alkanes of at least 4 members (excludes halogenated alkanes) is 1.